The van der Waals surface area contributed by atoms with Crippen molar-refractivity contribution in [1.29, 1.82) is 0 Å². The van der Waals surface area contributed by atoms with E-state index < -0.39 is 5.41 Å². The molecule has 0 fully saturated rings. The van der Waals surface area contributed by atoms with Gasteiger partial charge in [0.25, 0.3) is 0 Å². The third-order valence-corrected chi connectivity index (χ3v) is 4.70. The maximum Gasteiger partial charge on any atom is 0.189 e. The Kier molecular flexibility index (Phi) is 5.24. The van der Waals surface area contributed by atoms with Crippen LogP contribution in [-0.4, -0.2) is 30.8 Å². The van der Waals surface area contributed by atoms with Gasteiger partial charge in [-0.2, -0.15) is 0 Å². The van der Waals surface area contributed by atoms with Gasteiger partial charge in [0.2, 0.25) is 0 Å². The van der Waals surface area contributed by atoms with Crippen LogP contribution in [0.3, 0.4) is 0 Å². The lowest BCUT2D eigenvalue weighted by Gasteiger charge is -2.28. The van der Waals surface area contributed by atoms with Gasteiger partial charge in [-0.05, 0) is 11.6 Å². The molecule has 4 N–H and O–H groups in total. The van der Waals surface area contributed by atoms with Crippen molar-refractivity contribution in [1.82, 2.24) is 5.32 Å². The average Bonchev–Trinajstić information content (AvgIpc) is 2.67. The fourth-order valence-corrected chi connectivity index (χ4v) is 3.05. The van der Waals surface area contributed by atoms with Crippen LogP contribution in [0.1, 0.15) is 30.5 Å². The SMILES string of the molecule is CC(CO)(CN=C(N)NC1CCOc2ccccc21)c1ccccc1. The Bertz CT molecular complexity index is 733. The Hall–Kier alpha value is -2.53. The summed E-state index contributed by atoms with van der Waals surface area (Å²) in [5.41, 5.74) is 7.80. The summed E-state index contributed by atoms with van der Waals surface area (Å²) in [6.07, 6.45) is 0.836. The number of hydrogen-bond acceptors (Lipinski definition) is 3. The topological polar surface area (TPSA) is 79.9 Å². The highest BCUT2D eigenvalue weighted by atomic mass is 16.5. The van der Waals surface area contributed by atoms with Gasteiger partial charge in [-0.25, -0.2) is 0 Å². The molecule has 2 aromatic carbocycles. The molecule has 0 saturated carbocycles. The molecule has 2 unspecified atom stereocenters. The lowest BCUT2D eigenvalue weighted by atomic mass is 9.83. The highest BCUT2D eigenvalue weighted by Crippen LogP contribution is 2.31. The van der Waals surface area contributed by atoms with Crippen molar-refractivity contribution < 1.29 is 9.84 Å². The van der Waals surface area contributed by atoms with Gasteiger partial charge in [0.05, 0.1) is 25.8 Å². The molecule has 0 aromatic heterocycles. The molecule has 0 saturated heterocycles. The first kappa shape index (κ1) is 17.3. The lowest BCUT2D eigenvalue weighted by molar-refractivity contribution is 0.210. The summed E-state index contributed by atoms with van der Waals surface area (Å²) in [5.74, 6) is 1.28. The van der Waals surface area contributed by atoms with Crippen molar-refractivity contribution in [2.75, 3.05) is 19.8 Å². The highest BCUT2D eigenvalue weighted by Gasteiger charge is 2.26. The molecule has 0 aliphatic carbocycles. The number of ether oxygens (including phenoxy) is 1. The van der Waals surface area contributed by atoms with E-state index in [1.54, 1.807) is 0 Å². The molecule has 5 nitrogen and oxygen atoms in total. The lowest BCUT2D eigenvalue weighted by Crippen LogP contribution is -2.39. The van der Waals surface area contributed by atoms with Gasteiger partial charge in [0.15, 0.2) is 5.96 Å². The Labute approximate surface area is 148 Å². The van der Waals surface area contributed by atoms with Crippen LogP contribution < -0.4 is 15.8 Å². The first-order valence-electron chi connectivity index (χ1n) is 8.57. The summed E-state index contributed by atoms with van der Waals surface area (Å²) in [6.45, 7) is 3.06. The Morgan fingerprint density at radius 1 is 1.24 bits per heavy atom. The zero-order valence-corrected chi connectivity index (χ0v) is 14.5. The minimum atomic E-state index is -0.457. The van der Waals surface area contributed by atoms with Crippen molar-refractivity contribution in [3.05, 3.63) is 65.7 Å². The molecular formula is C20H25N3O2. The van der Waals surface area contributed by atoms with E-state index in [1.165, 1.54) is 0 Å². The maximum atomic E-state index is 9.86. The molecule has 2 aromatic rings. The number of aliphatic imine (C=N–C) groups is 1. The molecule has 0 amide bonds. The third-order valence-electron chi connectivity index (χ3n) is 4.70. The zero-order chi connectivity index (χ0) is 17.7. The van der Waals surface area contributed by atoms with Gasteiger partial charge in [-0.1, -0.05) is 55.5 Å². The fourth-order valence-electron chi connectivity index (χ4n) is 3.05. The molecule has 2 atom stereocenters. The van der Waals surface area contributed by atoms with Gasteiger partial charge < -0.3 is 20.9 Å². The summed E-state index contributed by atoms with van der Waals surface area (Å²) < 4.78 is 5.67. The highest BCUT2D eigenvalue weighted by molar-refractivity contribution is 5.78. The summed E-state index contributed by atoms with van der Waals surface area (Å²) >= 11 is 0. The smallest absolute Gasteiger partial charge is 0.189 e. The van der Waals surface area contributed by atoms with Crippen LogP contribution in [0.4, 0.5) is 0 Å². The van der Waals surface area contributed by atoms with Crippen molar-refractivity contribution in [3.8, 4) is 5.75 Å². The Balaban J connectivity index is 1.70. The second kappa shape index (κ2) is 7.57. The largest absolute Gasteiger partial charge is 0.493 e. The normalized spacial score (nSPS) is 19.4. The number of nitrogens with one attached hydrogen (secondary N) is 1. The minimum absolute atomic E-state index is 0.00783. The molecule has 1 aliphatic rings. The Morgan fingerprint density at radius 2 is 1.96 bits per heavy atom. The summed E-state index contributed by atoms with van der Waals surface area (Å²) in [7, 11) is 0. The second-order valence-electron chi connectivity index (χ2n) is 6.66. The van der Waals surface area contributed by atoms with Crippen molar-refractivity contribution in [2.45, 2.75) is 24.8 Å². The molecule has 0 bridgehead atoms. The molecule has 25 heavy (non-hydrogen) atoms. The monoisotopic (exact) mass is 339 g/mol. The number of guanidine groups is 1. The number of aliphatic hydroxyl groups excluding tert-OH is 1. The molecule has 3 rings (SSSR count). The molecule has 5 heteroatoms. The molecule has 1 heterocycles. The number of nitrogens with zero attached hydrogens (tertiary/aromatic N) is 1. The van der Waals surface area contributed by atoms with Crippen LogP contribution in [0.2, 0.25) is 0 Å². The van der Waals surface area contributed by atoms with Crippen LogP contribution in [0.25, 0.3) is 0 Å². The zero-order valence-electron chi connectivity index (χ0n) is 14.5. The quantitative estimate of drug-likeness (QED) is 0.577. The van der Waals surface area contributed by atoms with Crippen LogP contribution >= 0.6 is 0 Å². The van der Waals surface area contributed by atoms with E-state index in [2.05, 4.69) is 10.3 Å². The van der Waals surface area contributed by atoms with Crippen LogP contribution in [-0.2, 0) is 5.41 Å². The van der Waals surface area contributed by atoms with E-state index in [4.69, 9.17) is 10.5 Å². The predicted molar refractivity (Wildman–Crippen MR) is 99.8 cm³/mol. The van der Waals surface area contributed by atoms with Crippen molar-refractivity contribution in [2.24, 2.45) is 10.7 Å². The Morgan fingerprint density at radius 3 is 2.72 bits per heavy atom. The summed E-state index contributed by atoms with van der Waals surface area (Å²) in [5, 5.41) is 13.1. The summed E-state index contributed by atoms with van der Waals surface area (Å²) in [4.78, 5) is 4.49. The number of rotatable bonds is 5. The van der Waals surface area contributed by atoms with Crippen LogP contribution in [0, 0.1) is 0 Å². The van der Waals surface area contributed by atoms with E-state index in [0.717, 1.165) is 23.3 Å². The standard InChI is InChI=1S/C20H25N3O2/c1-20(14-24,15-7-3-2-4-8-15)13-22-19(21)23-17-11-12-25-18-10-6-5-9-16(17)18/h2-10,17,24H,11-14H2,1H3,(H3,21,22,23). The third kappa shape index (κ3) is 3.94. The number of para-hydroxylation sites is 1. The number of hydrogen-bond donors (Lipinski definition) is 3. The molecular weight excluding hydrogens is 314 g/mol. The number of nitrogens with two attached hydrogens (primary N) is 1. The van der Waals surface area contributed by atoms with Gasteiger partial charge >= 0.3 is 0 Å². The molecule has 0 spiro atoms. The number of benzene rings is 2. The van der Waals surface area contributed by atoms with Gasteiger partial charge in [0.1, 0.15) is 5.75 Å². The van der Waals surface area contributed by atoms with Crippen molar-refractivity contribution in [3.63, 3.8) is 0 Å². The predicted octanol–water partition coefficient (Wildman–Crippen LogP) is 2.36. The first-order chi connectivity index (χ1) is 12.1. The molecule has 1 aliphatic heterocycles. The van der Waals surface area contributed by atoms with E-state index in [9.17, 15) is 5.11 Å². The summed E-state index contributed by atoms with van der Waals surface area (Å²) in [6, 6.07) is 18.0. The van der Waals surface area contributed by atoms with E-state index in [0.29, 0.717) is 19.1 Å². The number of aliphatic hydroxyl groups is 1. The van der Waals surface area contributed by atoms with Gasteiger partial charge in [-0.3, -0.25) is 4.99 Å². The first-order valence-corrected chi connectivity index (χ1v) is 8.57. The van der Waals surface area contributed by atoms with Crippen LogP contribution in [0.5, 0.6) is 5.75 Å². The van der Waals surface area contributed by atoms with E-state index >= 15 is 0 Å². The van der Waals surface area contributed by atoms with E-state index in [1.807, 2.05) is 61.5 Å². The van der Waals surface area contributed by atoms with E-state index in [-0.39, 0.29) is 12.6 Å². The van der Waals surface area contributed by atoms with Crippen molar-refractivity contribution >= 4 is 5.96 Å². The van der Waals surface area contributed by atoms with Gasteiger partial charge in [-0.15, -0.1) is 0 Å². The second-order valence-corrected chi connectivity index (χ2v) is 6.66. The minimum Gasteiger partial charge on any atom is -0.493 e. The molecule has 0 radical (unpaired) electrons. The van der Waals surface area contributed by atoms with Gasteiger partial charge in [0, 0.05) is 17.4 Å². The maximum absolute atomic E-state index is 9.86. The average molecular weight is 339 g/mol. The fraction of sp³-hybridized carbons (Fsp3) is 0.350. The van der Waals surface area contributed by atoms with Crippen LogP contribution in [0.15, 0.2) is 59.6 Å². The molecule has 132 valence electrons. The number of fused-ring (bicyclic) bond motifs is 1.